The number of nitrogens with zero attached hydrogens (tertiary/aromatic N) is 3. The lowest BCUT2D eigenvalue weighted by Gasteiger charge is -2.13. The number of hydrogen-bond donors (Lipinski definition) is 3. The van der Waals surface area contributed by atoms with Gasteiger partial charge in [-0.15, -0.1) is 0 Å². The number of pyridine rings is 1. The van der Waals surface area contributed by atoms with Gasteiger partial charge in [0.1, 0.15) is 40.2 Å². The smallest absolute Gasteiger partial charge is 0.216 e. The monoisotopic (exact) mass is 488 g/mol. The van der Waals surface area contributed by atoms with Gasteiger partial charge in [-0.3, -0.25) is 4.98 Å². The number of anilines is 5. The topological polar surface area (TPSA) is 97.8 Å². The van der Waals surface area contributed by atoms with E-state index in [1.54, 1.807) is 36.4 Å². The SMILES string of the molecule is [O-][S+](Nc1cccc(Nc2cc(Nc3ccc(F)c(Cl)c3)ncn2)c1)c1cnccc1Cl. The third kappa shape index (κ3) is 5.57. The van der Waals surface area contributed by atoms with E-state index in [1.807, 2.05) is 6.07 Å². The fourth-order valence-electron chi connectivity index (χ4n) is 2.69. The van der Waals surface area contributed by atoms with Gasteiger partial charge in [0.2, 0.25) is 4.90 Å². The van der Waals surface area contributed by atoms with Gasteiger partial charge in [0.05, 0.1) is 16.9 Å². The maximum atomic E-state index is 13.3. The Morgan fingerprint density at radius 1 is 0.844 bits per heavy atom. The minimum atomic E-state index is -1.58. The summed E-state index contributed by atoms with van der Waals surface area (Å²) < 4.78 is 28.8. The molecule has 0 fully saturated rings. The zero-order valence-electron chi connectivity index (χ0n) is 16.2. The summed E-state index contributed by atoms with van der Waals surface area (Å²) in [5.41, 5.74) is 1.91. The molecule has 0 radical (unpaired) electrons. The number of halogens is 3. The van der Waals surface area contributed by atoms with Crippen LogP contribution in [0.3, 0.4) is 0 Å². The van der Waals surface area contributed by atoms with E-state index in [-0.39, 0.29) is 5.02 Å². The Hall–Kier alpha value is -3.11. The van der Waals surface area contributed by atoms with Crippen LogP contribution in [0.4, 0.5) is 33.1 Å². The highest BCUT2D eigenvalue weighted by Crippen LogP contribution is 2.26. The highest BCUT2D eigenvalue weighted by atomic mass is 35.5. The van der Waals surface area contributed by atoms with E-state index in [1.165, 1.54) is 30.9 Å². The summed E-state index contributed by atoms with van der Waals surface area (Å²) >= 11 is 10.3. The highest BCUT2D eigenvalue weighted by Gasteiger charge is 2.16. The van der Waals surface area contributed by atoms with Crippen LogP contribution < -0.4 is 15.4 Å². The molecule has 11 heteroatoms. The van der Waals surface area contributed by atoms with Gasteiger partial charge in [-0.2, -0.15) is 0 Å². The molecule has 0 amide bonds. The molecule has 0 spiro atoms. The van der Waals surface area contributed by atoms with Crippen molar-refractivity contribution in [1.29, 1.82) is 0 Å². The third-order valence-corrected chi connectivity index (χ3v) is 6.02. The normalized spacial score (nSPS) is 11.6. The second-order valence-electron chi connectivity index (χ2n) is 6.43. The van der Waals surface area contributed by atoms with Crippen molar-refractivity contribution in [3.05, 3.63) is 89.2 Å². The van der Waals surface area contributed by atoms with Crippen molar-refractivity contribution in [1.82, 2.24) is 15.0 Å². The predicted octanol–water partition coefficient (Wildman–Crippen LogP) is 5.94. The average molecular weight is 489 g/mol. The molecule has 0 aliphatic carbocycles. The largest absolute Gasteiger partial charge is 0.588 e. The van der Waals surface area contributed by atoms with Crippen LogP contribution >= 0.6 is 23.2 Å². The molecule has 1 unspecified atom stereocenters. The second-order valence-corrected chi connectivity index (χ2v) is 8.42. The Bertz CT molecular complexity index is 1250. The van der Waals surface area contributed by atoms with Gasteiger partial charge in [0, 0.05) is 23.6 Å². The molecule has 0 saturated heterocycles. The summed E-state index contributed by atoms with van der Waals surface area (Å²) in [6.45, 7) is 0. The molecule has 0 bridgehead atoms. The van der Waals surface area contributed by atoms with Crippen LogP contribution in [-0.4, -0.2) is 19.5 Å². The van der Waals surface area contributed by atoms with Gasteiger partial charge in [-0.25, -0.2) is 19.1 Å². The highest BCUT2D eigenvalue weighted by molar-refractivity contribution is 7.92. The van der Waals surface area contributed by atoms with E-state index in [4.69, 9.17) is 23.2 Å². The third-order valence-electron chi connectivity index (χ3n) is 4.14. The minimum Gasteiger partial charge on any atom is -0.588 e. The van der Waals surface area contributed by atoms with Crippen molar-refractivity contribution < 1.29 is 8.94 Å². The number of hydrogen-bond acceptors (Lipinski definition) is 7. The summed E-state index contributed by atoms with van der Waals surface area (Å²) in [5.74, 6) is 0.513. The zero-order chi connectivity index (χ0) is 22.5. The van der Waals surface area contributed by atoms with Crippen LogP contribution in [0.5, 0.6) is 0 Å². The van der Waals surface area contributed by atoms with Gasteiger partial charge >= 0.3 is 0 Å². The van der Waals surface area contributed by atoms with Crippen LogP contribution in [0.1, 0.15) is 0 Å². The second kappa shape index (κ2) is 10.0. The molecule has 2 heterocycles. The molecule has 3 N–H and O–H groups in total. The maximum absolute atomic E-state index is 13.3. The van der Waals surface area contributed by atoms with Crippen LogP contribution in [0.15, 0.2) is 78.2 Å². The van der Waals surface area contributed by atoms with Gasteiger partial charge in [0.25, 0.3) is 0 Å². The summed E-state index contributed by atoms with van der Waals surface area (Å²) in [6, 6.07) is 14.7. The summed E-state index contributed by atoms with van der Waals surface area (Å²) in [4.78, 5) is 12.7. The molecule has 162 valence electrons. The fourth-order valence-corrected chi connectivity index (χ4v) is 4.03. The quantitative estimate of drug-likeness (QED) is 0.277. The zero-order valence-corrected chi connectivity index (χ0v) is 18.5. The van der Waals surface area contributed by atoms with Crippen molar-refractivity contribution in [3.8, 4) is 0 Å². The first-order valence-electron chi connectivity index (χ1n) is 9.17. The molecule has 2 aromatic carbocycles. The molecule has 0 aliphatic heterocycles. The molecule has 2 aromatic heterocycles. The van der Waals surface area contributed by atoms with Crippen molar-refractivity contribution in [2.24, 2.45) is 0 Å². The van der Waals surface area contributed by atoms with Crippen LogP contribution in [-0.2, 0) is 11.4 Å². The molecular weight excluding hydrogens is 474 g/mol. The van der Waals surface area contributed by atoms with E-state index in [9.17, 15) is 8.94 Å². The van der Waals surface area contributed by atoms with Gasteiger partial charge < -0.3 is 15.2 Å². The summed E-state index contributed by atoms with van der Waals surface area (Å²) in [5, 5.41) is 6.58. The first-order valence-corrected chi connectivity index (χ1v) is 11.1. The number of nitrogens with one attached hydrogen (secondary N) is 3. The number of benzene rings is 2. The molecule has 7 nitrogen and oxygen atoms in total. The van der Waals surface area contributed by atoms with E-state index in [0.29, 0.717) is 38.6 Å². The Kier molecular flexibility index (Phi) is 6.91. The molecule has 32 heavy (non-hydrogen) atoms. The Labute approximate surface area is 196 Å². The Balaban J connectivity index is 1.46. The van der Waals surface area contributed by atoms with Crippen LogP contribution in [0.2, 0.25) is 10.0 Å². The molecular formula is C21H15Cl2FN6OS. The van der Waals surface area contributed by atoms with Crippen molar-refractivity contribution >= 4 is 63.3 Å². The number of rotatable bonds is 7. The average Bonchev–Trinajstić information content (AvgIpc) is 2.77. The molecule has 0 saturated carbocycles. The Morgan fingerprint density at radius 2 is 1.56 bits per heavy atom. The molecule has 1 atom stereocenters. The minimum absolute atomic E-state index is 0.0108. The molecule has 0 aliphatic rings. The standard InChI is InChI=1S/C21H15Cl2FN6OS/c22-16-6-7-25-11-19(16)32(31)30-15-3-1-2-13(8-15)28-20-10-21(27-12-26-20)29-14-4-5-18(24)17(23)9-14/h1-12,30H,(H2,26,27,28,29). The summed E-state index contributed by atoms with van der Waals surface area (Å²) in [7, 11) is 0. The molecule has 4 aromatic rings. The first kappa shape index (κ1) is 22.1. The summed E-state index contributed by atoms with van der Waals surface area (Å²) in [6.07, 6.45) is 4.37. The number of aromatic nitrogens is 3. The van der Waals surface area contributed by atoms with E-state index in [0.717, 1.165) is 0 Å². The lowest BCUT2D eigenvalue weighted by atomic mass is 10.3. The van der Waals surface area contributed by atoms with Gasteiger partial charge in [-0.1, -0.05) is 29.3 Å². The predicted molar refractivity (Wildman–Crippen MR) is 126 cm³/mol. The van der Waals surface area contributed by atoms with Crippen molar-refractivity contribution in [3.63, 3.8) is 0 Å². The first-order chi connectivity index (χ1) is 15.5. The Morgan fingerprint density at radius 3 is 2.28 bits per heavy atom. The van der Waals surface area contributed by atoms with Crippen molar-refractivity contribution in [2.45, 2.75) is 4.90 Å². The van der Waals surface area contributed by atoms with Crippen LogP contribution in [0.25, 0.3) is 0 Å². The maximum Gasteiger partial charge on any atom is 0.216 e. The lowest BCUT2D eigenvalue weighted by molar-refractivity contribution is 0.600. The van der Waals surface area contributed by atoms with Crippen LogP contribution in [0, 0.1) is 5.82 Å². The van der Waals surface area contributed by atoms with Gasteiger partial charge in [0.15, 0.2) is 0 Å². The lowest BCUT2D eigenvalue weighted by Crippen LogP contribution is -2.13. The fraction of sp³-hybridized carbons (Fsp3) is 0. The van der Waals surface area contributed by atoms with Crippen molar-refractivity contribution in [2.75, 3.05) is 15.4 Å². The van der Waals surface area contributed by atoms with E-state index < -0.39 is 17.2 Å². The molecule has 4 rings (SSSR count). The van der Waals surface area contributed by atoms with E-state index >= 15 is 0 Å². The van der Waals surface area contributed by atoms with Gasteiger partial charge in [-0.05, 0) is 42.5 Å². The van der Waals surface area contributed by atoms with E-state index in [2.05, 4.69) is 30.3 Å².